The fraction of sp³-hybridized carbons (Fsp3) is 0.111. The van der Waals surface area contributed by atoms with Gasteiger partial charge in [-0.25, -0.2) is 0 Å². The lowest BCUT2D eigenvalue weighted by Gasteiger charge is -2.07. The Morgan fingerprint density at radius 3 is 2.93 bits per heavy atom. The lowest BCUT2D eigenvalue weighted by molar-refractivity contribution is 0.216. The molecule has 1 aromatic heterocycles. The maximum absolute atomic E-state index is 9.85. The van der Waals surface area contributed by atoms with Gasteiger partial charge < -0.3 is 5.11 Å². The SMILES string of the molecule is OC(c1cccc(Cl)c1)c1cnsn1. The third-order valence-corrected chi connectivity index (χ3v) is 2.55. The molecule has 0 amide bonds. The van der Waals surface area contributed by atoms with Gasteiger partial charge in [-0.2, -0.15) is 8.75 Å². The van der Waals surface area contributed by atoms with Gasteiger partial charge in [0.2, 0.25) is 0 Å². The van der Waals surface area contributed by atoms with Gasteiger partial charge in [0.15, 0.2) is 0 Å². The predicted molar refractivity (Wildman–Crippen MR) is 55.4 cm³/mol. The quantitative estimate of drug-likeness (QED) is 0.855. The minimum atomic E-state index is -0.743. The summed E-state index contributed by atoms with van der Waals surface area (Å²) in [5.74, 6) is 0. The number of benzene rings is 1. The Hall–Kier alpha value is -0.970. The average molecular weight is 227 g/mol. The first-order valence-electron chi connectivity index (χ1n) is 3.98. The van der Waals surface area contributed by atoms with Crippen LogP contribution in [0.1, 0.15) is 17.4 Å². The number of aliphatic hydroxyl groups is 1. The Morgan fingerprint density at radius 1 is 1.43 bits per heavy atom. The van der Waals surface area contributed by atoms with Crippen LogP contribution in [-0.4, -0.2) is 13.9 Å². The number of aliphatic hydroxyl groups excluding tert-OH is 1. The zero-order chi connectivity index (χ0) is 9.97. The fourth-order valence-corrected chi connectivity index (χ4v) is 1.78. The molecule has 3 nitrogen and oxygen atoms in total. The van der Waals surface area contributed by atoms with E-state index in [4.69, 9.17) is 11.6 Å². The van der Waals surface area contributed by atoms with Crippen molar-refractivity contribution in [2.24, 2.45) is 0 Å². The molecule has 14 heavy (non-hydrogen) atoms. The number of aromatic nitrogens is 2. The van der Waals surface area contributed by atoms with Crippen molar-refractivity contribution >= 4 is 23.3 Å². The standard InChI is InChI=1S/C9H7ClN2OS/c10-7-3-1-2-6(4-7)9(13)8-5-11-14-12-8/h1-5,9,13H. The number of hydrogen-bond acceptors (Lipinski definition) is 4. The summed E-state index contributed by atoms with van der Waals surface area (Å²) in [5.41, 5.74) is 1.28. The van der Waals surface area contributed by atoms with E-state index in [-0.39, 0.29) is 0 Å². The number of halogens is 1. The molecular formula is C9H7ClN2OS. The second kappa shape index (κ2) is 4.04. The maximum Gasteiger partial charge on any atom is 0.124 e. The van der Waals surface area contributed by atoms with Crippen molar-refractivity contribution in [1.29, 1.82) is 0 Å². The summed E-state index contributed by atoms with van der Waals surface area (Å²) >= 11 is 6.88. The highest BCUT2D eigenvalue weighted by Crippen LogP contribution is 2.22. The highest BCUT2D eigenvalue weighted by atomic mass is 35.5. The zero-order valence-corrected chi connectivity index (χ0v) is 8.66. The molecule has 0 aliphatic carbocycles. The van der Waals surface area contributed by atoms with Gasteiger partial charge in [0.05, 0.1) is 17.9 Å². The summed E-state index contributed by atoms with van der Waals surface area (Å²) in [6.45, 7) is 0. The molecule has 0 spiro atoms. The molecule has 0 saturated carbocycles. The topological polar surface area (TPSA) is 46.0 Å². The summed E-state index contributed by atoms with van der Waals surface area (Å²) < 4.78 is 7.79. The second-order valence-electron chi connectivity index (χ2n) is 2.79. The third kappa shape index (κ3) is 1.92. The normalized spacial score (nSPS) is 12.7. The maximum atomic E-state index is 9.85. The van der Waals surface area contributed by atoms with Crippen LogP contribution < -0.4 is 0 Å². The highest BCUT2D eigenvalue weighted by molar-refractivity contribution is 6.99. The molecule has 72 valence electrons. The molecule has 0 fully saturated rings. The van der Waals surface area contributed by atoms with E-state index in [0.717, 1.165) is 17.3 Å². The molecule has 1 unspecified atom stereocenters. The van der Waals surface area contributed by atoms with E-state index in [0.29, 0.717) is 10.7 Å². The first kappa shape index (κ1) is 9.58. The summed E-state index contributed by atoms with van der Waals surface area (Å²) in [6, 6.07) is 7.07. The number of hydrogen-bond donors (Lipinski definition) is 1. The van der Waals surface area contributed by atoms with E-state index in [2.05, 4.69) is 8.75 Å². The van der Waals surface area contributed by atoms with E-state index in [1.54, 1.807) is 30.5 Å². The summed E-state index contributed by atoms with van der Waals surface area (Å²) in [5, 5.41) is 10.5. The molecule has 5 heteroatoms. The van der Waals surface area contributed by atoms with Crippen molar-refractivity contribution in [1.82, 2.24) is 8.75 Å². The van der Waals surface area contributed by atoms with Crippen LogP contribution >= 0.6 is 23.3 Å². The molecule has 2 aromatic rings. The smallest absolute Gasteiger partial charge is 0.124 e. The Morgan fingerprint density at radius 2 is 2.29 bits per heavy atom. The molecule has 0 aliphatic rings. The molecule has 1 heterocycles. The Balaban J connectivity index is 2.32. The molecule has 0 bridgehead atoms. The van der Waals surface area contributed by atoms with Gasteiger partial charge in [-0.3, -0.25) is 0 Å². The molecule has 2 rings (SSSR count). The fourth-order valence-electron chi connectivity index (χ4n) is 1.14. The Bertz CT molecular complexity index is 419. The van der Waals surface area contributed by atoms with Crippen molar-refractivity contribution < 1.29 is 5.11 Å². The number of rotatable bonds is 2. The molecule has 1 N–H and O–H groups in total. The summed E-state index contributed by atoms with van der Waals surface area (Å²) in [6.07, 6.45) is 0.809. The minimum Gasteiger partial charge on any atom is -0.382 e. The van der Waals surface area contributed by atoms with Crippen LogP contribution in [0.2, 0.25) is 5.02 Å². The van der Waals surface area contributed by atoms with Crippen molar-refractivity contribution in [3.05, 3.63) is 46.7 Å². The van der Waals surface area contributed by atoms with Crippen LogP contribution in [0.15, 0.2) is 30.5 Å². The zero-order valence-electron chi connectivity index (χ0n) is 7.09. The second-order valence-corrected chi connectivity index (χ2v) is 3.78. The van der Waals surface area contributed by atoms with Crippen LogP contribution in [-0.2, 0) is 0 Å². The van der Waals surface area contributed by atoms with Gasteiger partial charge in [-0.1, -0.05) is 23.7 Å². The van der Waals surface area contributed by atoms with Crippen molar-refractivity contribution in [2.45, 2.75) is 6.10 Å². The Kier molecular flexibility index (Phi) is 2.77. The molecule has 0 radical (unpaired) electrons. The summed E-state index contributed by atoms with van der Waals surface area (Å²) in [7, 11) is 0. The summed E-state index contributed by atoms with van der Waals surface area (Å²) in [4.78, 5) is 0. The van der Waals surface area contributed by atoms with Crippen LogP contribution in [0.3, 0.4) is 0 Å². The van der Waals surface area contributed by atoms with Gasteiger partial charge >= 0.3 is 0 Å². The largest absolute Gasteiger partial charge is 0.382 e. The van der Waals surface area contributed by atoms with Crippen LogP contribution in [0.25, 0.3) is 0 Å². The van der Waals surface area contributed by atoms with E-state index < -0.39 is 6.10 Å². The predicted octanol–water partition coefficient (Wildman–Crippen LogP) is 2.27. The van der Waals surface area contributed by atoms with Gasteiger partial charge in [0.1, 0.15) is 11.8 Å². The van der Waals surface area contributed by atoms with Gasteiger partial charge in [-0.05, 0) is 17.7 Å². The van der Waals surface area contributed by atoms with Crippen LogP contribution in [0.5, 0.6) is 0 Å². The Labute approximate surface area is 90.3 Å². The van der Waals surface area contributed by atoms with Crippen molar-refractivity contribution in [2.75, 3.05) is 0 Å². The molecule has 0 aliphatic heterocycles. The lowest BCUT2D eigenvalue weighted by Crippen LogP contribution is -1.99. The van der Waals surface area contributed by atoms with Crippen molar-refractivity contribution in [3.63, 3.8) is 0 Å². The van der Waals surface area contributed by atoms with Gasteiger partial charge in [0, 0.05) is 5.02 Å². The van der Waals surface area contributed by atoms with E-state index in [1.807, 2.05) is 0 Å². The highest BCUT2D eigenvalue weighted by Gasteiger charge is 2.12. The monoisotopic (exact) mass is 226 g/mol. The van der Waals surface area contributed by atoms with E-state index in [1.165, 1.54) is 0 Å². The van der Waals surface area contributed by atoms with Crippen LogP contribution in [0.4, 0.5) is 0 Å². The third-order valence-electron chi connectivity index (χ3n) is 1.82. The first-order valence-corrected chi connectivity index (χ1v) is 5.09. The molecule has 0 saturated heterocycles. The minimum absolute atomic E-state index is 0.553. The number of nitrogens with zero attached hydrogens (tertiary/aromatic N) is 2. The van der Waals surface area contributed by atoms with Crippen LogP contribution in [0, 0.1) is 0 Å². The molecule has 1 atom stereocenters. The van der Waals surface area contributed by atoms with Gasteiger partial charge in [-0.15, -0.1) is 0 Å². The van der Waals surface area contributed by atoms with Crippen molar-refractivity contribution in [3.8, 4) is 0 Å². The average Bonchev–Trinajstić information content (AvgIpc) is 2.69. The lowest BCUT2D eigenvalue weighted by atomic mass is 10.1. The first-order chi connectivity index (χ1) is 6.77. The molecule has 1 aromatic carbocycles. The van der Waals surface area contributed by atoms with E-state index >= 15 is 0 Å². The van der Waals surface area contributed by atoms with Gasteiger partial charge in [0.25, 0.3) is 0 Å². The molecular weight excluding hydrogens is 220 g/mol. The van der Waals surface area contributed by atoms with E-state index in [9.17, 15) is 5.11 Å².